The van der Waals surface area contributed by atoms with Crippen LogP contribution in [-0.2, 0) is 14.3 Å². The fraction of sp³-hybridized carbons (Fsp3) is 0.304. The zero-order chi connectivity index (χ0) is 19.8. The minimum Gasteiger partial charge on any atom is -0.378 e. The monoisotopic (exact) mass is 376 g/mol. The molecule has 144 valence electrons. The van der Waals surface area contributed by atoms with Crippen LogP contribution in [0.4, 0.5) is 5.69 Å². The lowest BCUT2D eigenvalue weighted by molar-refractivity contribution is -0.121. The van der Waals surface area contributed by atoms with Crippen molar-refractivity contribution in [3.8, 4) is 0 Å². The Morgan fingerprint density at radius 1 is 0.821 bits per heavy atom. The Balaban J connectivity index is 1.84. The zero-order valence-electron chi connectivity index (χ0n) is 16.5. The van der Waals surface area contributed by atoms with E-state index in [1.54, 1.807) is 0 Å². The van der Waals surface area contributed by atoms with Gasteiger partial charge in [0.05, 0.1) is 24.5 Å². The highest BCUT2D eigenvalue weighted by Crippen LogP contribution is 2.36. The summed E-state index contributed by atoms with van der Waals surface area (Å²) >= 11 is 0. The maximum absolute atomic E-state index is 13.5. The summed E-state index contributed by atoms with van der Waals surface area (Å²) in [5.41, 5.74) is 5.50. The van der Waals surface area contributed by atoms with Gasteiger partial charge in [-0.2, -0.15) is 0 Å². The lowest BCUT2D eigenvalue weighted by atomic mass is 10.0. The Labute approximate surface area is 165 Å². The molecule has 0 radical (unpaired) electrons. The van der Waals surface area contributed by atoms with Crippen LogP contribution in [0, 0.1) is 20.8 Å². The van der Waals surface area contributed by atoms with Gasteiger partial charge in [0.2, 0.25) is 0 Å². The molecule has 5 heteroatoms. The molecule has 2 amide bonds. The first-order chi connectivity index (χ1) is 13.5. The number of aryl methyl sites for hydroxylation is 3. The van der Waals surface area contributed by atoms with Crippen molar-refractivity contribution in [2.24, 2.45) is 0 Å². The summed E-state index contributed by atoms with van der Waals surface area (Å²) in [5.74, 6) is -0.517. The maximum atomic E-state index is 13.5. The topological polar surface area (TPSA) is 49.9 Å². The summed E-state index contributed by atoms with van der Waals surface area (Å²) in [6.45, 7) is 8.24. The molecule has 0 unspecified atom stereocenters. The van der Waals surface area contributed by atoms with E-state index in [-0.39, 0.29) is 11.8 Å². The molecule has 2 aliphatic rings. The van der Waals surface area contributed by atoms with Crippen molar-refractivity contribution in [2.45, 2.75) is 20.8 Å². The van der Waals surface area contributed by atoms with Crippen LogP contribution in [0.1, 0.15) is 22.3 Å². The highest BCUT2D eigenvalue weighted by Gasteiger charge is 2.43. The van der Waals surface area contributed by atoms with Crippen molar-refractivity contribution in [2.75, 3.05) is 31.2 Å². The van der Waals surface area contributed by atoms with Crippen LogP contribution in [-0.4, -0.2) is 43.0 Å². The quantitative estimate of drug-likeness (QED) is 0.772. The van der Waals surface area contributed by atoms with Crippen molar-refractivity contribution in [3.63, 3.8) is 0 Å². The molecule has 1 fully saturated rings. The van der Waals surface area contributed by atoms with E-state index in [4.69, 9.17) is 4.74 Å². The molecule has 4 rings (SSSR count). The van der Waals surface area contributed by atoms with E-state index in [0.717, 1.165) is 22.3 Å². The molecule has 0 N–H and O–H groups in total. The molecule has 0 bridgehead atoms. The summed E-state index contributed by atoms with van der Waals surface area (Å²) in [4.78, 5) is 30.3. The Morgan fingerprint density at radius 3 is 2.11 bits per heavy atom. The molecule has 1 saturated heterocycles. The predicted molar refractivity (Wildman–Crippen MR) is 109 cm³/mol. The van der Waals surface area contributed by atoms with E-state index >= 15 is 0 Å². The number of amides is 2. The molecule has 0 aliphatic carbocycles. The van der Waals surface area contributed by atoms with E-state index in [1.165, 1.54) is 4.90 Å². The first-order valence-corrected chi connectivity index (χ1v) is 9.57. The Bertz CT molecular complexity index is 970. The number of nitrogens with zero attached hydrogens (tertiary/aromatic N) is 2. The molecule has 28 heavy (non-hydrogen) atoms. The fourth-order valence-electron chi connectivity index (χ4n) is 3.85. The number of carbonyl (C=O) groups excluding carboxylic acids is 2. The van der Waals surface area contributed by atoms with Gasteiger partial charge in [-0.25, -0.2) is 4.90 Å². The standard InChI is InChI=1S/C23H24N2O3/c1-15-4-7-18(8-5-15)20-21(24-10-12-28-13-11-24)23(27)25(22(20)26)19-9-6-16(2)14-17(19)3/h4-9,14H,10-13H2,1-3H3. The molecule has 2 aromatic rings. The molecule has 2 heterocycles. The molecule has 2 aromatic carbocycles. The third kappa shape index (κ3) is 3.12. The van der Waals surface area contributed by atoms with E-state index < -0.39 is 0 Å². The van der Waals surface area contributed by atoms with Crippen LogP contribution < -0.4 is 4.90 Å². The molecule has 0 saturated carbocycles. The minimum absolute atomic E-state index is 0.255. The van der Waals surface area contributed by atoms with Gasteiger partial charge in [0.1, 0.15) is 5.70 Å². The average molecular weight is 376 g/mol. The van der Waals surface area contributed by atoms with Gasteiger partial charge in [-0.1, -0.05) is 47.5 Å². The van der Waals surface area contributed by atoms with Crippen molar-refractivity contribution in [1.29, 1.82) is 0 Å². The van der Waals surface area contributed by atoms with Crippen molar-refractivity contribution < 1.29 is 14.3 Å². The number of imide groups is 1. The van der Waals surface area contributed by atoms with Crippen molar-refractivity contribution >= 4 is 23.1 Å². The lowest BCUT2D eigenvalue weighted by Crippen LogP contribution is -2.40. The SMILES string of the molecule is Cc1ccc(C2=C(N3CCOCC3)C(=O)N(c3ccc(C)cc3C)C2=O)cc1. The number of carbonyl (C=O) groups is 2. The molecular formula is C23H24N2O3. The zero-order valence-corrected chi connectivity index (χ0v) is 16.5. The minimum atomic E-state index is -0.262. The first-order valence-electron chi connectivity index (χ1n) is 9.57. The number of rotatable bonds is 3. The van der Waals surface area contributed by atoms with E-state index in [1.807, 2.05) is 68.1 Å². The largest absolute Gasteiger partial charge is 0.378 e. The van der Waals surface area contributed by atoms with Crippen LogP contribution in [0.2, 0.25) is 0 Å². The highest BCUT2D eigenvalue weighted by molar-refractivity contribution is 6.45. The van der Waals surface area contributed by atoms with Gasteiger partial charge < -0.3 is 9.64 Å². The third-order valence-corrected chi connectivity index (χ3v) is 5.32. The Hall–Kier alpha value is -2.92. The van der Waals surface area contributed by atoms with Crippen LogP contribution >= 0.6 is 0 Å². The second-order valence-corrected chi connectivity index (χ2v) is 7.42. The van der Waals surface area contributed by atoms with Gasteiger partial charge >= 0.3 is 0 Å². The maximum Gasteiger partial charge on any atom is 0.282 e. The first kappa shape index (κ1) is 18.4. The van der Waals surface area contributed by atoms with E-state index in [0.29, 0.717) is 43.3 Å². The van der Waals surface area contributed by atoms with Gasteiger partial charge in [0.15, 0.2) is 0 Å². The number of ether oxygens (including phenoxy) is 1. The van der Waals surface area contributed by atoms with Crippen LogP contribution in [0.3, 0.4) is 0 Å². The molecule has 0 spiro atoms. The Kier molecular flexibility index (Phi) is 4.77. The summed E-state index contributed by atoms with van der Waals surface area (Å²) < 4.78 is 5.45. The van der Waals surface area contributed by atoms with E-state index in [2.05, 4.69) is 0 Å². The molecular weight excluding hydrogens is 352 g/mol. The van der Waals surface area contributed by atoms with Gasteiger partial charge in [0.25, 0.3) is 11.8 Å². The summed E-state index contributed by atoms with van der Waals surface area (Å²) in [7, 11) is 0. The second kappa shape index (κ2) is 7.24. The summed E-state index contributed by atoms with van der Waals surface area (Å²) in [6.07, 6.45) is 0. The van der Waals surface area contributed by atoms with Crippen LogP contribution in [0.5, 0.6) is 0 Å². The number of morpholine rings is 1. The van der Waals surface area contributed by atoms with E-state index in [9.17, 15) is 9.59 Å². The summed E-state index contributed by atoms with van der Waals surface area (Å²) in [6, 6.07) is 13.6. The van der Waals surface area contributed by atoms with Crippen LogP contribution in [0.25, 0.3) is 5.57 Å². The number of hydrogen-bond donors (Lipinski definition) is 0. The van der Waals surface area contributed by atoms with Crippen LogP contribution in [0.15, 0.2) is 48.2 Å². The molecule has 2 aliphatic heterocycles. The van der Waals surface area contributed by atoms with Gasteiger partial charge in [-0.15, -0.1) is 0 Å². The van der Waals surface area contributed by atoms with Gasteiger partial charge in [-0.05, 0) is 38.0 Å². The average Bonchev–Trinajstić information content (AvgIpc) is 2.94. The third-order valence-electron chi connectivity index (χ3n) is 5.32. The highest BCUT2D eigenvalue weighted by atomic mass is 16.5. The summed E-state index contributed by atoms with van der Waals surface area (Å²) in [5, 5.41) is 0. The lowest BCUT2D eigenvalue weighted by Gasteiger charge is -2.29. The number of hydrogen-bond acceptors (Lipinski definition) is 4. The fourth-order valence-corrected chi connectivity index (χ4v) is 3.85. The van der Waals surface area contributed by atoms with Gasteiger partial charge in [-0.3, -0.25) is 9.59 Å². The molecule has 0 atom stereocenters. The second-order valence-electron chi connectivity index (χ2n) is 7.42. The Morgan fingerprint density at radius 2 is 1.46 bits per heavy atom. The van der Waals surface area contributed by atoms with Crippen molar-refractivity contribution in [3.05, 3.63) is 70.4 Å². The normalized spacial score (nSPS) is 17.7. The smallest absolute Gasteiger partial charge is 0.282 e. The number of anilines is 1. The number of benzene rings is 2. The molecule has 0 aromatic heterocycles. The predicted octanol–water partition coefficient (Wildman–Crippen LogP) is 3.23. The van der Waals surface area contributed by atoms with Gasteiger partial charge in [0, 0.05) is 13.1 Å². The molecule has 5 nitrogen and oxygen atoms in total. The van der Waals surface area contributed by atoms with Crippen molar-refractivity contribution in [1.82, 2.24) is 4.90 Å².